The molecule has 138 valence electrons. The van der Waals surface area contributed by atoms with E-state index in [-0.39, 0.29) is 30.7 Å². The van der Waals surface area contributed by atoms with E-state index in [0.717, 1.165) is 13.0 Å². The summed E-state index contributed by atoms with van der Waals surface area (Å²) in [7, 11) is 0. The van der Waals surface area contributed by atoms with Crippen LogP contribution in [0.5, 0.6) is 0 Å². The maximum atomic E-state index is 10.3. The number of rotatable bonds is 10. The molecule has 1 unspecified atom stereocenters. The molecule has 3 nitrogen and oxygen atoms in total. The summed E-state index contributed by atoms with van der Waals surface area (Å²) in [6.45, 7) is 2.98. The first-order chi connectivity index (χ1) is 11.2. The lowest BCUT2D eigenvalue weighted by molar-refractivity contribution is -0.679. The summed E-state index contributed by atoms with van der Waals surface area (Å²) >= 11 is 0. The highest BCUT2D eigenvalue weighted by molar-refractivity contribution is 5.23. The van der Waals surface area contributed by atoms with E-state index in [0.29, 0.717) is 12.8 Å². The van der Waals surface area contributed by atoms with E-state index in [1.54, 1.807) is 0 Å². The molecule has 2 rings (SSSR count). The van der Waals surface area contributed by atoms with Crippen LogP contribution in [0.4, 0.5) is 0 Å². The SMILES string of the molecule is CCCCCCCCc1ccc(CC(O)[C@@H]2C[C@@H](O)C[NH2+]2)cc1.[Cl-]. The number of aliphatic hydroxyl groups excluding tert-OH is 2. The van der Waals surface area contributed by atoms with Gasteiger partial charge in [-0.3, -0.25) is 0 Å². The number of benzene rings is 1. The van der Waals surface area contributed by atoms with Gasteiger partial charge < -0.3 is 27.9 Å². The van der Waals surface area contributed by atoms with E-state index in [1.165, 1.54) is 49.7 Å². The molecule has 0 bridgehead atoms. The summed E-state index contributed by atoms with van der Waals surface area (Å²) in [5.74, 6) is 0. The third-order valence-electron chi connectivity index (χ3n) is 5.04. The number of hydrogen-bond donors (Lipinski definition) is 3. The van der Waals surface area contributed by atoms with Crippen LogP contribution in [0.3, 0.4) is 0 Å². The molecule has 1 saturated heterocycles. The van der Waals surface area contributed by atoms with Crippen molar-refractivity contribution in [3.63, 3.8) is 0 Å². The van der Waals surface area contributed by atoms with Crippen molar-refractivity contribution in [2.75, 3.05) is 6.54 Å². The molecule has 4 N–H and O–H groups in total. The quantitative estimate of drug-likeness (QED) is 0.481. The minimum absolute atomic E-state index is 0. The number of hydrogen-bond acceptors (Lipinski definition) is 2. The monoisotopic (exact) mass is 355 g/mol. The zero-order valence-electron chi connectivity index (χ0n) is 15.0. The van der Waals surface area contributed by atoms with Crippen molar-refractivity contribution in [1.29, 1.82) is 0 Å². The Balaban J connectivity index is 0.00000288. The van der Waals surface area contributed by atoms with Crippen molar-refractivity contribution in [2.24, 2.45) is 0 Å². The molecule has 24 heavy (non-hydrogen) atoms. The molecule has 1 aromatic rings. The lowest BCUT2D eigenvalue weighted by Gasteiger charge is -2.15. The topological polar surface area (TPSA) is 57.1 Å². The van der Waals surface area contributed by atoms with E-state index < -0.39 is 0 Å². The van der Waals surface area contributed by atoms with Crippen LogP contribution in [-0.2, 0) is 12.8 Å². The Bertz CT molecular complexity index is 438. The van der Waals surface area contributed by atoms with Crippen molar-refractivity contribution >= 4 is 0 Å². The van der Waals surface area contributed by atoms with E-state index in [9.17, 15) is 10.2 Å². The highest BCUT2D eigenvalue weighted by Crippen LogP contribution is 2.14. The normalized spacial score (nSPS) is 21.5. The van der Waals surface area contributed by atoms with Crippen molar-refractivity contribution < 1.29 is 27.9 Å². The van der Waals surface area contributed by atoms with Gasteiger partial charge in [0.25, 0.3) is 0 Å². The van der Waals surface area contributed by atoms with E-state index >= 15 is 0 Å². The number of aryl methyl sites for hydroxylation is 1. The van der Waals surface area contributed by atoms with E-state index in [1.807, 2.05) is 0 Å². The minimum atomic E-state index is -0.364. The minimum Gasteiger partial charge on any atom is -1.00 e. The molecule has 1 aliphatic rings. The molecule has 1 heterocycles. The van der Waals surface area contributed by atoms with Crippen molar-refractivity contribution in [2.45, 2.75) is 83.0 Å². The third-order valence-corrected chi connectivity index (χ3v) is 5.04. The van der Waals surface area contributed by atoms with Crippen LogP contribution in [-0.4, -0.2) is 35.0 Å². The Morgan fingerprint density at radius 3 is 2.29 bits per heavy atom. The van der Waals surface area contributed by atoms with Gasteiger partial charge in [0.05, 0.1) is 0 Å². The van der Waals surface area contributed by atoms with Gasteiger partial charge in [0.1, 0.15) is 24.8 Å². The van der Waals surface area contributed by atoms with Crippen LogP contribution in [0.1, 0.15) is 63.0 Å². The number of unbranched alkanes of at least 4 members (excludes halogenated alkanes) is 5. The highest BCUT2D eigenvalue weighted by atomic mass is 35.5. The average Bonchev–Trinajstić information content (AvgIpc) is 2.99. The molecule has 0 radical (unpaired) electrons. The van der Waals surface area contributed by atoms with Crippen LogP contribution in [0.25, 0.3) is 0 Å². The Labute approximate surface area is 153 Å². The Kier molecular flexibility index (Phi) is 10.6. The smallest absolute Gasteiger partial charge is 0.115 e. The van der Waals surface area contributed by atoms with Crippen LogP contribution in [0, 0.1) is 0 Å². The fraction of sp³-hybridized carbons (Fsp3) is 0.700. The van der Waals surface area contributed by atoms with Crippen LogP contribution in [0.2, 0.25) is 0 Å². The fourth-order valence-corrected chi connectivity index (χ4v) is 3.50. The van der Waals surface area contributed by atoms with Crippen molar-refractivity contribution in [3.05, 3.63) is 35.4 Å². The van der Waals surface area contributed by atoms with Gasteiger partial charge in [-0.1, -0.05) is 63.3 Å². The molecular weight excluding hydrogens is 322 g/mol. The standard InChI is InChI=1S/C20H33NO2.ClH/c1-2-3-4-5-6-7-8-16-9-11-17(12-10-16)13-20(23)19-14-18(22)15-21-19;/h9-12,18-23H,2-8,13-15H2,1H3;1H/t18-,19+,20?;/m1./s1. The second-order valence-corrected chi connectivity index (χ2v) is 7.13. The van der Waals surface area contributed by atoms with Crippen LogP contribution in [0.15, 0.2) is 24.3 Å². The second kappa shape index (κ2) is 11.9. The predicted molar refractivity (Wildman–Crippen MR) is 94.4 cm³/mol. The fourth-order valence-electron chi connectivity index (χ4n) is 3.50. The van der Waals surface area contributed by atoms with Gasteiger partial charge in [-0.2, -0.15) is 0 Å². The molecule has 1 aromatic carbocycles. The zero-order valence-corrected chi connectivity index (χ0v) is 15.7. The predicted octanol–water partition coefficient (Wildman–Crippen LogP) is -0.806. The first-order valence-corrected chi connectivity index (χ1v) is 9.46. The first kappa shape index (κ1) is 21.4. The van der Waals surface area contributed by atoms with Gasteiger partial charge >= 0.3 is 0 Å². The van der Waals surface area contributed by atoms with Crippen LogP contribution < -0.4 is 17.7 Å². The Morgan fingerprint density at radius 1 is 1.04 bits per heavy atom. The summed E-state index contributed by atoms with van der Waals surface area (Å²) in [5.41, 5.74) is 2.60. The molecule has 0 spiro atoms. The summed E-state index contributed by atoms with van der Waals surface area (Å²) in [6, 6.07) is 8.87. The van der Waals surface area contributed by atoms with Gasteiger partial charge in [-0.15, -0.1) is 0 Å². The molecule has 0 amide bonds. The molecule has 1 fully saturated rings. The van der Waals surface area contributed by atoms with Crippen LogP contribution >= 0.6 is 0 Å². The largest absolute Gasteiger partial charge is 1.00 e. The molecule has 0 saturated carbocycles. The first-order valence-electron chi connectivity index (χ1n) is 9.46. The number of aliphatic hydroxyl groups is 2. The van der Waals surface area contributed by atoms with Gasteiger partial charge in [-0.05, 0) is 24.0 Å². The summed E-state index contributed by atoms with van der Waals surface area (Å²) in [4.78, 5) is 0. The van der Waals surface area contributed by atoms with Crippen molar-refractivity contribution in [1.82, 2.24) is 0 Å². The maximum Gasteiger partial charge on any atom is 0.115 e. The number of nitrogens with two attached hydrogens (primary N) is 1. The maximum absolute atomic E-state index is 10.3. The summed E-state index contributed by atoms with van der Waals surface area (Å²) in [5, 5.41) is 21.9. The van der Waals surface area contributed by atoms with E-state index in [2.05, 4.69) is 36.5 Å². The Hall–Kier alpha value is -0.610. The molecule has 0 aliphatic carbocycles. The number of quaternary nitrogens is 1. The van der Waals surface area contributed by atoms with Gasteiger partial charge in [0, 0.05) is 12.8 Å². The van der Waals surface area contributed by atoms with Crippen molar-refractivity contribution in [3.8, 4) is 0 Å². The number of halogens is 1. The third kappa shape index (κ3) is 7.52. The van der Waals surface area contributed by atoms with Gasteiger partial charge in [0.2, 0.25) is 0 Å². The second-order valence-electron chi connectivity index (χ2n) is 7.13. The average molecular weight is 356 g/mol. The zero-order chi connectivity index (χ0) is 16.5. The molecule has 1 aliphatic heterocycles. The lowest BCUT2D eigenvalue weighted by Crippen LogP contribution is -3.00. The summed E-state index contributed by atoms with van der Waals surface area (Å²) < 4.78 is 0. The molecular formula is C20H34ClNO2. The lowest BCUT2D eigenvalue weighted by atomic mass is 9.98. The van der Waals surface area contributed by atoms with Gasteiger partial charge in [-0.25, -0.2) is 0 Å². The molecule has 0 aromatic heterocycles. The highest BCUT2D eigenvalue weighted by Gasteiger charge is 2.32. The molecule has 4 heteroatoms. The molecule has 3 atom stereocenters. The van der Waals surface area contributed by atoms with E-state index in [4.69, 9.17) is 0 Å². The Morgan fingerprint density at radius 2 is 1.67 bits per heavy atom. The summed E-state index contributed by atoms with van der Waals surface area (Å²) in [6.07, 6.45) is 9.96. The van der Waals surface area contributed by atoms with Gasteiger partial charge in [0.15, 0.2) is 0 Å².